The molecule has 5 nitrogen and oxygen atoms in total. The van der Waals surface area contributed by atoms with Gasteiger partial charge in [0.05, 0.1) is 6.20 Å². The first-order valence-electron chi connectivity index (χ1n) is 2.86. The highest BCUT2D eigenvalue weighted by Gasteiger charge is 2.13. The first-order chi connectivity index (χ1) is 5.20. The number of rotatable bonds is 3. The molecule has 0 atom stereocenters. The van der Waals surface area contributed by atoms with E-state index in [1.807, 2.05) is 0 Å². The standard InChI is InChI=1S/C6H5NO4/c8-4(3-6(9)10)5-1-2-7-11-5/h1-2H,3H2,(H,9,10). The van der Waals surface area contributed by atoms with Crippen molar-refractivity contribution in [3.8, 4) is 0 Å². The zero-order chi connectivity index (χ0) is 8.27. The lowest BCUT2D eigenvalue weighted by molar-refractivity contribution is -0.135. The van der Waals surface area contributed by atoms with Gasteiger partial charge in [-0.25, -0.2) is 0 Å². The summed E-state index contributed by atoms with van der Waals surface area (Å²) in [5, 5.41) is 11.5. The van der Waals surface area contributed by atoms with Crippen LogP contribution >= 0.6 is 0 Å². The van der Waals surface area contributed by atoms with Crippen LogP contribution in [-0.2, 0) is 4.79 Å². The van der Waals surface area contributed by atoms with Crippen LogP contribution < -0.4 is 0 Å². The summed E-state index contributed by atoms with van der Waals surface area (Å²) in [6.45, 7) is 0. The second-order valence-corrected chi connectivity index (χ2v) is 1.87. The number of Topliss-reactive ketones (excluding diaryl/α,β-unsaturated/α-hetero) is 1. The molecule has 5 heteroatoms. The quantitative estimate of drug-likeness (QED) is 0.502. The normalized spacial score (nSPS) is 9.45. The van der Waals surface area contributed by atoms with Crippen LogP contribution in [0.2, 0.25) is 0 Å². The topological polar surface area (TPSA) is 80.4 Å². The maximum absolute atomic E-state index is 10.8. The minimum atomic E-state index is -1.17. The first kappa shape index (κ1) is 7.46. The number of hydrogen-bond donors (Lipinski definition) is 1. The van der Waals surface area contributed by atoms with Gasteiger partial charge < -0.3 is 9.63 Å². The minimum absolute atomic E-state index is 0.0209. The van der Waals surface area contributed by atoms with E-state index in [1.54, 1.807) is 0 Å². The van der Waals surface area contributed by atoms with Crippen LogP contribution in [0.5, 0.6) is 0 Å². The Morgan fingerprint density at radius 3 is 2.82 bits per heavy atom. The number of carbonyl (C=O) groups is 2. The number of carboxylic acid groups (broad SMARTS) is 1. The van der Waals surface area contributed by atoms with Crippen LogP contribution in [0, 0.1) is 0 Å². The predicted octanol–water partition coefficient (Wildman–Crippen LogP) is 0.332. The lowest BCUT2D eigenvalue weighted by Gasteiger charge is -1.87. The molecule has 11 heavy (non-hydrogen) atoms. The van der Waals surface area contributed by atoms with E-state index in [0.29, 0.717) is 0 Å². The van der Waals surface area contributed by atoms with Crippen molar-refractivity contribution in [3.63, 3.8) is 0 Å². The molecular formula is C6H5NO4. The van der Waals surface area contributed by atoms with Crippen molar-refractivity contribution in [3.05, 3.63) is 18.0 Å². The van der Waals surface area contributed by atoms with Gasteiger partial charge >= 0.3 is 5.97 Å². The molecule has 0 saturated carbocycles. The van der Waals surface area contributed by atoms with Gasteiger partial charge in [0.1, 0.15) is 6.42 Å². The minimum Gasteiger partial charge on any atom is -0.481 e. The molecule has 1 aromatic heterocycles. The molecule has 1 rings (SSSR count). The lowest BCUT2D eigenvalue weighted by Crippen LogP contribution is -2.05. The Labute approximate surface area is 61.6 Å². The number of aliphatic carboxylic acids is 1. The number of aromatic nitrogens is 1. The highest BCUT2D eigenvalue weighted by atomic mass is 16.5. The zero-order valence-electron chi connectivity index (χ0n) is 5.48. The van der Waals surface area contributed by atoms with Gasteiger partial charge in [0.2, 0.25) is 11.5 Å². The van der Waals surface area contributed by atoms with E-state index < -0.39 is 18.2 Å². The fraction of sp³-hybridized carbons (Fsp3) is 0.167. The van der Waals surface area contributed by atoms with Gasteiger partial charge in [0, 0.05) is 6.07 Å². The second-order valence-electron chi connectivity index (χ2n) is 1.87. The molecule has 1 heterocycles. The Balaban J connectivity index is 2.64. The highest BCUT2D eigenvalue weighted by Crippen LogP contribution is 2.00. The molecule has 0 bridgehead atoms. The molecule has 0 amide bonds. The molecule has 0 aliphatic heterocycles. The Bertz CT molecular complexity index is 264. The Morgan fingerprint density at radius 1 is 1.64 bits per heavy atom. The van der Waals surface area contributed by atoms with E-state index in [2.05, 4.69) is 9.68 Å². The van der Waals surface area contributed by atoms with Gasteiger partial charge in [-0.15, -0.1) is 0 Å². The maximum Gasteiger partial charge on any atom is 0.311 e. The molecule has 0 radical (unpaired) electrons. The molecule has 0 unspecified atom stereocenters. The zero-order valence-corrected chi connectivity index (χ0v) is 5.48. The average Bonchev–Trinajstić information content (AvgIpc) is 2.35. The molecule has 58 valence electrons. The Morgan fingerprint density at radius 2 is 2.36 bits per heavy atom. The van der Waals surface area contributed by atoms with Crippen molar-refractivity contribution < 1.29 is 19.2 Å². The average molecular weight is 155 g/mol. The van der Waals surface area contributed by atoms with Crippen molar-refractivity contribution in [1.82, 2.24) is 5.16 Å². The summed E-state index contributed by atoms with van der Waals surface area (Å²) in [6.07, 6.45) is 0.726. The summed E-state index contributed by atoms with van der Waals surface area (Å²) in [5.41, 5.74) is 0. The summed E-state index contributed by atoms with van der Waals surface area (Å²) in [6, 6.07) is 1.32. The maximum atomic E-state index is 10.8. The van der Waals surface area contributed by atoms with Gasteiger partial charge in [-0.05, 0) is 0 Å². The lowest BCUT2D eigenvalue weighted by atomic mass is 10.2. The van der Waals surface area contributed by atoms with E-state index in [-0.39, 0.29) is 5.76 Å². The predicted molar refractivity (Wildman–Crippen MR) is 33.1 cm³/mol. The van der Waals surface area contributed by atoms with Gasteiger partial charge in [0.15, 0.2) is 0 Å². The van der Waals surface area contributed by atoms with Crippen molar-refractivity contribution in [2.75, 3.05) is 0 Å². The van der Waals surface area contributed by atoms with Crippen LogP contribution in [0.3, 0.4) is 0 Å². The Kier molecular flexibility index (Phi) is 2.00. The van der Waals surface area contributed by atoms with Crippen LogP contribution in [0.1, 0.15) is 17.0 Å². The highest BCUT2D eigenvalue weighted by molar-refractivity contribution is 6.03. The number of carboxylic acids is 1. The number of carbonyl (C=O) groups excluding carboxylic acids is 1. The molecule has 0 aromatic carbocycles. The van der Waals surface area contributed by atoms with Crippen LogP contribution in [0.15, 0.2) is 16.8 Å². The van der Waals surface area contributed by atoms with E-state index in [9.17, 15) is 9.59 Å². The summed E-state index contributed by atoms with van der Waals surface area (Å²) in [4.78, 5) is 20.8. The SMILES string of the molecule is O=C(O)CC(=O)c1ccno1. The third kappa shape index (κ3) is 1.89. The van der Waals surface area contributed by atoms with Gasteiger partial charge in [-0.3, -0.25) is 9.59 Å². The fourth-order valence-corrected chi connectivity index (χ4v) is 0.584. The number of nitrogens with zero attached hydrogens (tertiary/aromatic N) is 1. The second kappa shape index (κ2) is 2.96. The van der Waals surface area contributed by atoms with Crippen LogP contribution in [-0.4, -0.2) is 22.0 Å². The third-order valence-electron chi connectivity index (χ3n) is 1.02. The van der Waals surface area contributed by atoms with Crippen molar-refractivity contribution >= 4 is 11.8 Å². The third-order valence-corrected chi connectivity index (χ3v) is 1.02. The molecule has 1 N–H and O–H groups in total. The largest absolute Gasteiger partial charge is 0.481 e. The van der Waals surface area contributed by atoms with Crippen molar-refractivity contribution in [2.45, 2.75) is 6.42 Å². The summed E-state index contributed by atoms with van der Waals surface area (Å²) in [5.74, 6) is -1.77. The summed E-state index contributed by atoms with van der Waals surface area (Å²) < 4.78 is 4.43. The monoisotopic (exact) mass is 155 g/mol. The number of hydrogen-bond acceptors (Lipinski definition) is 4. The summed E-state index contributed by atoms with van der Waals surface area (Å²) >= 11 is 0. The molecule has 0 spiro atoms. The van der Waals surface area contributed by atoms with E-state index in [4.69, 9.17) is 5.11 Å². The van der Waals surface area contributed by atoms with Crippen molar-refractivity contribution in [2.24, 2.45) is 0 Å². The summed E-state index contributed by atoms with van der Waals surface area (Å²) in [7, 11) is 0. The molecular weight excluding hydrogens is 150 g/mol. The molecule has 0 fully saturated rings. The Hall–Kier alpha value is -1.65. The van der Waals surface area contributed by atoms with Gasteiger partial charge in [0.25, 0.3) is 0 Å². The van der Waals surface area contributed by atoms with E-state index in [1.165, 1.54) is 12.3 Å². The smallest absolute Gasteiger partial charge is 0.311 e. The van der Waals surface area contributed by atoms with Gasteiger partial charge in [-0.2, -0.15) is 0 Å². The first-order valence-corrected chi connectivity index (χ1v) is 2.86. The fourth-order valence-electron chi connectivity index (χ4n) is 0.584. The van der Waals surface area contributed by atoms with E-state index >= 15 is 0 Å². The molecule has 1 aromatic rings. The number of ketones is 1. The van der Waals surface area contributed by atoms with E-state index in [0.717, 1.165) is 0 Å². The van der Waals surface area contributed by atoms with Crippen LogP contribution in [0.4, 0.5) is 0 Å². The molecule has 0 saturated heterocycles. The van der Waals surface area contributed by atoms with Crippen LogP contribution in [0.25, 0.3) is 0 Å². The van der Waals surface area contributed by atoms with Crippen molar-refractivity contribution in [1.29, 1.82) is 0 Å². The molecule has 0 aliphatic rings. The molecule has 0 aliphatic carbocycles. The van der Waals surface area contributed by atoms with Gasteiger partial charge in [-0.1, -0.05) is 5.16 Å².